The van der Waals surface area contributed by atoms with E-state index >= 15 is 0 Å². The summed E-state index contributed by atoms with van der Waals surface area (Å²) >= 11 is 8.35. The quantitative estimate of drug-likeness (QED) is 0.159. The summed E-state index contributed by atoms with van der Waals surface area (Å²) in [5.41, 5.74) is 8.83. The maximum Gasteiger partial charge on any atom is 0.141 e. The van der Waals surface area contributed by atoms with Gasteiger partial charge in [0.1, 0.15) is 11.6 Å². The van der Waals surface area contributed by atoms with Gasteiger partial charge in [-0.2, -0.15) is 11.8 Å². The van der Waals surface area contributed by atoms with Gasteiger partial charge in [-0.15, -0.1) is 0 Å². The second-order valence-corrected chi connectivity index (χ2v) is 11.9. The van der Waals surface area contributed by atoms with E-state index in [-0.39, 0.29) is 0 Å². The molecular formula is C36H29ClN4S. The second kappa shape index (κ2) is 11.9. The molecule has 0 radical (unpaired) electrons. The van der Waals surface area contributed by atoms with Gasteiger partial charge in [0.2, 0.25) is 0 Å². The van der Waals surface area contributed by atoms with Crippen molar-refractivity contribution in [2.75, 3.05) is 5.75 Å². The van der Waals surface area contributed by atoms with E-state index in [0.717, 1.165) is 69.4 Å². The summed E-state index contributed by atoms with van der Waals surface area (Å²) in [6, 6.07) is 44.1. The smallest absolute Gasteiger partial charge is 0.141 e. The van der Waals surface area contributed by atoms with Crippen LogP contribution in [0.5, 0.6) is 0 Å². The summed E-state index contributed by atoms with van der Waals surface area (Å²) in [5, 5.41) is 0.708. The highest BCUT2D eigenvalue weighted by Gasteiger charge is 2.17. The van der Waals surface area contributed by atoms with Crippen LogP contribution < -0.4 is 0 Å². The van der Waals surface area contributed by atoms with Crippen LogP contribution in [0, 0.1) is 0 Å². The van der Waals surface area contributed by atoms with E-state index in [4.69, 9.17) is 21.6 Å². The molecule has 0 fully saturated rings. The van der Waals surface area contributed by atoms with Crippen molar-refractivity contribution in [3.05, 3.63) is 144 Å². The minimum atomic E-state index is 0.708. The molecule has 0 saturated heterocycles. The Morgan fingerprint density at radius 3 is 2.05 bits per heavy atom. The molecule has 7 rings (SSSR count). The van der Waals surface area contributed by atoms with Gasteiger partial charge in [-0.05, 0) is 53.6 Å². The molecule has 0 unspecified atom stereocenters. The van der Waals surface area contributed by atoms with Gasteiger partial charge in [0.05, 0.1) is 22.1 Å². The van der Waals surface area contributed by atoms with Crippen LogP contribution in [0.25, 0.3) is 44.8 Å². The fourth-order valence-corrected chi connectivity index (χ4v) is 6.56. The Labute approximate surface area is 254 Å². The lowest BCUT2D eigenvalue weighted by atomic mass is 10.1. The van der Waals surface area contributed by atoms with Crippen molar-refractivity contribution in [1.29, 1.82) is 0 Å². The van der Waals surface area contributed by atoms with Crippen LogP contribution in [0.3, 0.4) is 0 Å². The summed E-state index contributed by atoms with van der Waals surface area (Å²) in [4.78, 5) is 10.3. The maximum atomic E-state index is 6.42. The fraction of sp³-hybridized carbons (Fsp3) is 0.111. The van der Waals surface area contributed by atoms with Crippen LogP contribution in [0.2, 0.25) is 5.02 Å². The lowest BCUT2D eigenvalue weighted by Crippen LogP contribution is -2.04. The van der Waals surface area contributed by atoms with Gasteiger partial charge >= 0.3 is 0 Å². The van der Waals surface area contributed by atoms with Crippen molar-refractivity contribution in [1.82, 2.24) is 19.1 Å². The van der Waals surface area contributed by atoms with E-state index in [1.54, 1.807) is 0 Å². The zero-order valence-electron chi connectivity index (χ0n) is 23.0. The van der Waals surface area contributed by atoms with Crippen molar-refractivity contribution in [3.8, 4) is 22.8 Å². The van der Waals surface area contributed by atoms with Crippen LogP contribution in [0.15, 0.2) is 127 Å². The van der Waals surface area contributed by atoms with Crippen LogP contribution in [0.1, 0.15) is 11.1 Å². The van der Waals surface area contributed by atoms with Crippen LogP contribution in [-0.2, 0) is 18.8 Å². The van der Waals surface area contributed by atoms with Crippen molar-refractivity contribution < 1.29 is 0 Å². The summed E-state index contributed by atoms with van der Waals surface area (Å²) in [6.07, 6.45) is 0. The molecule has 0 aliphatic rings. The number of benzene rings is 5. The molecule has 0 N–H and O–H groups in total. The number of nitrogens with zero attached hydrogens (tertiary/aromatic N) is 4. The molecule has 42 heavy (non-hydrogen) atoms. The molecule has 0 spiro atoms. The van der Waals surface area contributed by atoms with Crippen LogP contribution in [0.4, 0.5) is 0 Å². The third kappa shape index (κ3) is 5.46. The van der Waals surface area contributed by atoms with E-state index in [1.165, 1.54) is 11.1 Å². The summed E-state index contributed by atoms with van der Waals surface area (Å²) in [5.74, 6) is 3.84. The van der Waals surface area contributed by atoms with Gasteiger partial charge in [0, 0.05) is 40.7 Å². The Hall–Kier alpha value is -4.32. The van der Waals surface area contributed by atoms with Gasteiger partial charge in [-0.25, -0.2) is 9.97 Å². The molecule has 0 saturated carbocycles. The van der Waals surface area contributed by atoms with Crippen molar-refractivity contribution in [2.45, 2.75) is 18.8 Å². The third-order valence-corrected chi connectivity index (χ3v) is 8.74. The number of aromatic nitrogens is 4. The predicted molar refractivity (Wildman–Crippen MR) is 177 cm³/mol. The SMILES string of the molecule is Clc1cccc(-c2nc3cc(-c4nc5ccccc5n4Cc4ccccc4)ccc3n2CCSCc2ccccc2)c1. The van der Waals surface area contributed by atoms with Gasteiger partial charge < -0.3 is 9.13 Å². The molecule has 7 aromatic rings. The van der Waals surface area contributed by atoms with E-state index in [0.29, 0.717) is 5.02 Å². The van der Waals surface area contributed by atoms with Gasteiger partial charge in [0.15, 0.2) is 0 Å². The minimum Gasteiger partial charge on any atom is -0.323 e. The van der Waals surface area contributed by atoms with E-state index in [9.17, 15) is 0 Å². The first kappa shape index (κ1) is 26.6. The topological polar surface area (TPSA) is 35.6 Å². The lowest BCUT2D eigenvalue weighted by molar-refractivity contribution is 0.805. The van der Waals surface area contributed by atoms with E-state index in [2.05, 4.69) is 112 Å². The molecule has 6 heteroatoms. The second-order valence-electron chi connectivity index (χ2n) is 10.3. The molecule has 2 heterocycles. The number of rotatable bonds is 9. The summed E-state index contributed by atoms with van der Waals surface area (Å²) in [7, 11) is 0. The molecule has 4 nitrogen and oxygen atoms in total. The standard InChI is InChI=1S/C36H29ClN4S/c37-30-15-9-14-28(22-30)35-39-32-23-29(18-19-34(32)40(35)20-21-42-25-27-12-5-2-6-13-27)36-38-31-16-7-8-17-33(31)41(36)24-26-10-3-1-4-11-26/h1-19,22-23H,20-21,24-25H2. The van der Waals surface area contributed by atoms with Crippen molar-refractivity contribution in [2.24, 2.45) is 0 Å². The number of halogens is 1. The Balaban J connectivity index is 1.27. The summed E-state index contributed by atoms with van der Waals surface area (Å²) < 4.78 is 4.64. The fourth-order valence-electron chi connectivity index (χ4n) is 5.49. The largest absolute Gasteiger partial charge is 0.323 e. The third-order valence-electron chi connectivity index (χ3n) is 7.50. The number of thioether (sulfide) groups is 1. The first-order chi connectivity index (χ1) is 20.7. The van der Waals surface area contributed by atoms with E-state index in [1.807, 2.05) is 36.0 Å². The molecule has 0 aliphatic heterocycles. The summed E-state index contributed by atoms with van der Waals surface area (Å²) in [6.45, 7) is 1.59. The number of fused-ring (bicyclic) bond motifs is 2. The number of hydrogen-bond acceptors (Lipinski definition) is 3. The molecule has 0 aliphatic carbocycles. The average Bonchev–Trinajstić information content (AvgIpc) is 3.58. The number of hydrogen-bond donors (Lipinski definition) is 0. The Bertz CT molecular complexity index is 1980. The molecular weight excluding hydrogens is 556 g/mol. The maximum absolute atomic E-state index is 6.42. The number of aryl methyl sites for hydroxylation is 1. The molecule has 0 amide bonds. The molecule has 5 aromatic carbocycles. The van der Waals surface area contributed by atoms with Crippen molar-refractivity contribution >= 4 is 45.4 Å². The predicted octanol–water partition coefficient (Wildman–Crippen LogP) is 9.36. The average molecular weight is 585 g/mol. The van der Waals surface area contributed by atoms with Gasteiger partial charge in [-0.1, -0.05) is 96.5 Å². The molecule has 206 valence electrons. The van der Waals surface area contributed by atoms with Gasteiger partial charge in [0.25, 0.3) is 0 Å². The number of imidazole rings is 2. The Morgan fingerprint density at radius 2 is 1.24 bits per heavy atom. The Morgan fingerprint density at radius 1 is 0.571 bits per heavy atom. The van der Waals surface area contributed by atoms with E-state index < -0.39 is 0 Å². The first-order valence-corrected chi connectivity index (χ1v) is 15.6. The molecule has 0 atom stereocenters. The zero-order chi connectivity index (χ0) is 28.3. The lowest BCUT2D eigenvalue weighted by Gasteiger charge is -2.11. The van der Waals surface area contributed by atoms with Gasteiger partial charge in [-0.3, -0.25) is 0 Å². The highest BCUT2D eigenvalue weighted by molar-refractivity contribution is 7.98. The van der Waals surface area contributed by atoms with Crippen LogP contribution >= 0.6 is 23.4 Å². The molecule has 2 aromatic heterocycles. The number of para-hydroxylation sites is 2. The monoisotopic (exact) mass is 584 g/mol. The highest BCUT2D eigenvalue weighted by atomic mass is 35.5. The molecule has 0 bridgehead atoms. The minimum absolute atomic E-state index is 0.708. The normalized spacial score (nSPS) is 11.5. The first-order valence-electron chi connectivity index (χ1n) is 14.1. The zero-order valence-corrected chi connectivity index (χ0v) is 24.6. The Kier molecular flexibility index (Phi) is 7.52. The van der Waals surface area contributed by atoms with Crippen molar-refractivity contribution in [3.63, 3.8) is 0 Å². The highest BCUT2D eigenvalue weighted by Crippen LogP contribution is 2.32. The van der Waals surface area contributed by atoms with Crippen LogP contribution in [-0.4, -0.2) is 24.9 Å².